The molecule has 2 atom stereocenters. The molecule has 0 radical (unpaired) electrons. The standard InChI is InChI=1S/C10H18N4OS/c1-8(10-6-14(2)3-4-15-10)11-5-9-7-16-13-12-9/h7-8,10-11H,3-6H2,1-2H3. The third-order valence-electron chi connectivity index (χ3n) is 2.86. The highest BCUT2D eigenvalue weighted by Crippen LogP contribution is 2.08. The summed E-state index contributed by atoms with van der Waals surface area (Å²) in [6.07, 6.45) is 0.269. The van der Waals surface area contributed by atoms with Gasteiger partial charge in [0.1, 0.15) is 0 Å². The van der Waals surface area contributed by atoms with Gasteiger partial charge in [0.25, 0.3) is 0 Å². The normalized spacial score (nSPS) is 24.5. The summed E-state index contributed by atoms with van der Waals surface area (Å²) in [5.74, 6) is 0. The minimum Gasteiger partial charge on any atom is -0.374 e. The Balaban J connectivity index is 1.76. The molecule has 2 heterocycles. The molecule has 5 nitrogen and oxygen atoms in total. The molecule has 16 heavy (non-hydrogen) atoms. The lowest BCUT2D eigenvalue weighted by molar-refractivity contribution is -0.0356. The van der Waals surface area contributed by atoms with E-state index in [4.69, 9.17) is 4.74 Å². The van der Waals surface area contributed by atoms with E-state index in [0.29, 0.717) is 6.04 Å². The maximum Gasteiger partial charge on any atom is 0.0893 e. The van der Waals surface area contributed by atoms with Crippen LogP contribution in [0.5, 0.6) is 0 Å². The van der Waals surface area contributed by atoms with Gasteiger partial charge in [-0.15, -0.1) is 5.10 Å². The third kappa shape index (κ3) is 3.21. The van der Waals surface area contributed by atoms with Crippen LogP contribution < -0.4 is 5.32 Å². The monoisotopic (exact) mass is 242 g/mol. The molecule has 2 rings (SSSR count). The predicted molar refractivity (Wildman–Crippen MR) is 63.4 cm³/mol. The van der Waals surface area contributed by atoms with Crippen LogP contribution in [0.4, 0.5) is 0 Å². The highest BCUT2D eigenvalue weighted by molar-refractivity contribution is 7.03. The van der Waals surface area contributed by atoms with Crippen molar-refractivity contribution >= 4 is 11.5 Å². The van der Waals surface area contributed by atoms with Crippen molar-refractivity contribution in [2.45, 2.75) is 25.6 Å². The van der Waals surface area contributed by atoms with E-state index >= 15 is 0 Å². The van der Waals surface area contributed by atoms with Crippen LogP contribution in [-0.4, -0.2) is 53.4 Å². The zero-order valence-corrected chi connectivity index (χ0v) is 10.5. The van der Waals surface area contributed by atoms with Crippen LogP contribution >= 0.6 is 11.5 Å². The van der Waals surface area contributed by atoms with E-state index < -0.39 is 0 Å². The van der Waals surface area contributed by atoms with Crippen molar-refractivity contribution in [1.29, 1.82) is 0 Å². The van der Waals surface area contributed by atoms with E-state index in [1.165, 1.54) is 11.5 Å². The molecule has 0 aromatic carbocycles. The zero-order valence-electron chi connectivity index (χ0n) is 9.72. The molecule has 1 saturated heterocycles. The Bertz CT molecular complexity index is 306. The van der Waals surface area contributed by atoms with Gasteiger partial charge in [-0.05, 0) is 25.5 Å². The smallest absolute Gasteiger partial charge is 0.0893 e. The van der Waals surface area contributed by atoms with Gasteiger partial charge in [-0.1, -0.05) is 4.49 Å². The van der Waals surface area contributed by atoms with Crippen molar-refractivity contribution in [2.75, 3.05) is 26.7 Å². The SMILES string of the molecule is CC(NCc1csnn1)C1CN(C)CCO1. The van der Waals surface area contributed by atoms with E-state index in [2.05, 4.69) is 33.8 Å². The number of hydrogen-bond donors (Lipinski definition) is 1. The predicted octanol–water partition coefficient (Wildman–Crippen LogP) is 0.347. The summed E-state index contributed by atoms with van der Waals surface area (Å²) in [5, 5.41) is 9.40. The lowest BCUT2D eigenvalue weighted by Gasteiger charge is -2.34. The second-order valence-corrected chi connectivity index (χ2v) is 4.85. The average Bonchev–Trinajstić information content (AvgIpc) is 2.78. The first kappa shape index (κ1) is 11.9. The third-order valence-corrected chi connectivity index (χ3v) is 3.42. The van der Waals surface area contributed by atoms with Crippen LogP contribution in [0.15, 0.2) is 5.38 Å². The molecule has 90 valence electrons. The number of likely N-dealkylation sites (N-methyl/N-ethyl adjacent to an activating group) is 1. The van der Waals surface area contributed by atoms with Crippen molar-refractivity contribution in [2.24, 2.45) is 0 Å². The van der Waals surface area contributed by atoms with E-state index in [1.54, 1.807) is 0 Å². The van der Waals surface area contributed by atoms with Gasteiger partial charge in [0.2, 0.25) is 0 Å². The molecular weight excluding hydrogens is 224 g/mol. The van der Waals surface area contributed by atoms with Crippen LogP contribution in [0, 0.1) is 0 Å². The molecule has 0 bridgehead atoms. The summed E-state index contributed by atoms with van der Waals surface area (Å²) in [6.45, 7) is 5.76. The van der Waals surface area contributed by atoms with Gasteiger partial charge in [0.05, 0.1) is 18.4 Å². The first-order valence-corrected chi connectivity index (χ1v) is 6.39. The molecule has 1 aliphatic rings. The number of nitrogens with zero attached hydrogens (tertiary/aromatic N) is 3. The van der Waals surface area contributed by atoms with E-state index in [1.807, 2.05) is 5.38 Å². The van der Waals surface area contributed by atoms with Crippen LogP contribution in [0.3, 0.4) is 0 Å². The summed E-state index contributed by atoms with van der Waals surface area (Å²) in [6, 6.07) is 0.337. The van der Waals surface area contributed by atoms with Gasteiger partial charge in [-0.3, -0.25) is 0 Å². The average molecular weight is 242 g/mol. The van der Waals surface area contributed by atoms with E-state index in [0.717, 1.165) is 31.9 Å². The van der Waals surface area contributed by atoms with Gasteiger partial charge in [0, 0.05) is 31.1 Å². The number of nitrogens with one attached hydrogen (secondary N) is 1. The van der Waals surface area contributed by atoms with Gasteiger partial charge in [-0.2, -0.15) is 0 Å². The fourth-order valence-corrected chi connectivity index (χ4v) is 2.22. The Morgan fingerprint density at radius 1 is 1.75 bits per heavy atom. The minimum atomic E-state index is 0.269. The largest absolute Gasteiger partial charge is 0.374 e. The van der Waals surface area contributed by atoms with Crippen LogP contribution in [0.1, 0.15) is 12.6 Å². The van der Waals surface area contributed by atoms with Gasteiger partial charge >= 0.3 is 0 Å². The van der Waals surface area contributed by atoms with Crippen molar-refractivity contribution in [3.63, 3.8) is 0 Å². The molecule has 0 amide bonds. The molecule has 1 aromatic heterocycles. The molecule has 0 saturated carbocycles. The minimum absolute atomic E-state index is 0.269. The number of morpholine rings is 1. The Morgan fingerprint density at radius 2 is 2.62 bits per heavy atom. The summed E-state index contributed by atoms with van der Waals surface area (Å²) in [4.78, 5) is 2.30. The Kier molecular flexibility index (Phi) is 4.22. The molecule has 1 N–H and O–H groups in total. The second kappa shape index (κ2) is 5.67. The number of rotatable bonds is 4. The maximum absolute atomic E-state index is 5.74. The van der Waals surface area contributed by atoms with Crippen LogP contribution in [0.2, 0.25) is 0 Å². The van der Waals surface area contributed by atoms with E-state index in [9.17, 15) is 0 Å². The maximum atomic E-state index is 5.74. The molecule has 0 aliphatic carbocycles. The van der Waals surface area contributed by atoms with Gasteiger partial charge < -0.3 is 15.0 Å². The molecule has 2 unspecified atom stereocenters. The lowest BCUT2D eigenvalue weighted by atomic mass is 10.1. The highest BCUT2D eigenvalue weighted by Gasteiger charge is 2.23. The summed E-state index contributed by atoms with van der Waals surface area (Å²) in [5.41, 5.74) is 1.00. The molecular formula is C10H18N4OS. The Labute approximate surface area is 100.0 Å². The Morgan fingerprint density at radius 3 is 3.31 bits per heavy atom. The fourth-order valence-electron chi connectivity index (χ4n) is 1.77. The molecule has 0 spiro atoms. The summed E-state index contributed by atoms with van der Waals surface area (Å²) in [7, 11) is 2.13. The summed E-state index contributed by atoms with van der Waals surface area (Å²) < 4.78 is 9.58. The van der Waals surface area contributed by atoms with Crippen molar-refractivity contribution in [1.82, 2.24) is 19.8 Å². The van der Waals surface area contributed by atoms with Gasteiger partial charge in [-0.25, -0.2) is 0 Å². The van der Waals surface area contributed by atoms with Gasteiger partial charge in [0.15, 0.2) is 0 Å². The molecule has 6 heteroatoms. The number of ether oxygens (including phenoxy) is 1. The lowest BCUT2D eigenvalue weighted by Crippen LogP contribution is -2.49. The topological polar surface area (TPSA) is 50.3 Å². The first-order valence-electron chi connectivity index (χ1n) is 5.55. The molecule has 1 aromatic rings. The van der Waals surface area contributed by atoms with E-state index in [-0.39, 0.29) is 6.10 Å². The number of hydrogen-bond acceptors (Lipinski definition) is 6. The summed E-state index contributed by atoms with van der Waals surface area (Å²) >= 11 is 1.39. The molecule has 1 fully saturated rings. The van der Waals surface area contributed by atoms with Crippen molar-refractivity contribution in [3.8, 4) is 0 Å². The van der Waals surface area contributed by atoms with Crippen LogP contribution in [-0.2, 0) is 11.3 Å². The molecule has 1 aliphatic heterocycles. The second-order valence-electron chi connectivity index (χ2n) is 4.24. The Hall–Kier alpha value is -0.560. The zero-order chi connectivity index (χ0) is 11.4. The van der Waals surface area contributed by atoms with Crippen LogP contribution in [0.25, 0.3) is 0 Å². The quantitative estimate of drug-likeness (QED) is 0.825. The van der Waals surface area contributed by atoms with Crippen molar-refractivity contribution < 1.29 is 4.74 Å². The van der Waals surface area contributed by atoms with Crippen molar-refractivity contribution in [3.05, 3.63) is 11.1 Å². The number of aromatic nitrogens is 2. The fraction of sp³-hybridized carbons (Fsp3) is 0.800. The highest BCUT2D eigenvalue weighted by atomic mass is 32.1. The first-order chi connectivity index (χ1) is 7.75.